The standard InChI is InChI=1S/C17H19F2N3O5S/c1-4-27-17(24)15-8-12(9-21(15)2)28(25,26)22(3)10-16(23)20-14-6-5-11(18)7-13(14)19/h5-9H,4,10H2,1-3H3,(H,20,23). The fourth-order valence-electron chi connectivity index (χ4n) is 2.33. The summed E-state index contributed by atoms with van der Waals surface area (Å²) in [6.45, 7) is 1.13. The van der Waals surface area contributed by atoms with Gasteiger partial charge in [-0.2, -0.15) is 4.31 Å². The predicted octanol–water partition coefficient (Wildman–Crippen LogP) is 1.74. The molecule has 0 spiro atoms. The fourth-order valence-corrected chi connectivity index (χ4v) is 3.53. The van der Waals surface area contributed by atoms with Crippen LogP contribution < -0.4 is 5.32 Å². The van der Waals surface area contributed by atoms with Gasteiger partial charge in [-0.05, 0) is 25.1 Å². The van der Waals surface area contributed by atoms with Crippen molar-refractivity contribution >= 4 is 27.6 Å². The van der Waals surface area contributed by atoms with Crippen molar-refractivity contribution in [1.29, 1.82) is 0 Å². The van der Waals surface area contributed by atoms with Crippen LogP contribution in [0.1, 0.15) is 17.4 Å². The number of sulfonamides is 1. The number of rotatable bonds is 7. The van der Waals surface area contributed by atoms with E-state index < -0.39 is 40.1 Å². The van der Waals surface area contributed by atoms with Crippen molar-refractivity contribution in [3.05, 3.63) is 47.8 Å². The average molecular weight is 415 g/mol. The number of carbonyl (C=O) groups excluding carboxylic acids is 2. The van der Waals surface area contributed by atoms with E-state index in [-0.39, 0.29) is 22.9 Å². The minimum absolute atomic E-state index is 0.0339. The molecule has 1 aromatic carbocycles. The Morgan fingerprint density at radius 3 is 2.54 bits per heavy atom. The first-order chi connectivity index (χ1) is 13.1. The van der Waals surface area contributed by atoms with Crippen LogP contribution >= 0.6 is 0 Å². The summed E-state index contributed by atoms with van der Waals surface area (Å²) in [5.74, 6) is -3.30. The molecule has 0 unspecified atom stereocenters. The van der Waals surface area contributed by atoms with Crippen LogP contribution in [0.2, 0.25) is 0 Å². The van der Waals surface area contributed by atoms with Crippen molar-refractivity contribution in [2.75, 3.05) is 25.5 Å². The van der Waals surface area contributed by atoms with Crippen LogP contribution in [0.5, 0.6) is 0 Å². The van der Waals surface area contributed by atoms with Gasteiger partial charge < -0.3 is 14.6 Å². The molecule has 0 saturated carbocycles. The number of ether oxygens (including phenoxy) is 1. The maximum Gasteiger partial charge on any atom is 0.354 e. The molecule has 0 fully saturated rings. The minimum Gasteiger partial charge on any atom is -0.461 e. The van der Waals surface area contributed by atoms with Gasteiger partial charge >= 0.3 is 5.97 Å². The highest BCUT2D eigenvalue weighted by Gasteiger charge is 2.27. The van der Waals surface area contributed by atoms with Crippen LogP contribution in [0.25, 0.3) is 0 Å². The molecule has 0 aliphatic rings. The zero-order valence-corrected chi connectivity index (χ0v) is 16.2. The summed E-state index contributed by atoms with van der Waals surface area (Å²) >= 11 is 0. The second-order valence-electron chi connectivity index (χ2n) is 5.83. The molecule has 28 heavy (non-hydrogen) atoms. The second kappa shape index (κ2) is 8.48. The van der Waals surface area contributed by atoms with Gasteiger partial charge in [0, 0.05) is 26.4 Å². The number of esters is 1. The molecule has 0 atom stereocenters. The van der Waals surface area contributed by atoms with Crippen molar-refractivity contribution in [3.63, 3.8) is 0 Å². The Morgan fingerprint density at radius 1 is 1.25 bits per heavy atom. The predicted molar refractivity (Wildman–Crippen MR) is 96.2 cm³/mol. The van der Waals surface area contributed by atoms with Gasteiger partial charge in [-0.15, -0.1) is 0 Å². The van der Waals surface area contributed by atoms with Crippen LogP contribution in [0.3, 0.4) is 0 Å². The van der Waals surface area contributed by atoms with Gasteiger partial charge in [-0.25, -0.2) is 22.0 Å². The molecule has 0 saturated heterocycles. The van der Waals surface area contributed by atoms with Gasteiger partial charge in [0.2, 0.25) is 15.9 Å². The molecule has 152 valence electrons. The number of aromatic nitrogens is 1. The van der Waals surface area contributed by atoms with Crippen molar-refractivity contribution in [2.45, 2.75) is 11.8 Å². The van der Waals surface area contributed by atoms with Gasteiger partial charge in [0.1, 0.15) is 22.2 Å². The molecule has 1 heterocycles. The van der Waals surface area contributed by atoms with Crippen molar-refractivity contribution in [2.24, 2.45) is 7.05 Å². The van der Waals surface area contributed by atoms with E-state index in [0.29, 0.717) is 6.07 Å². The minimum atomic E-state index is -4.10. The fraction of sp³-hybridized carbons (Fsp3) is 0.294. The number of nitrogens with zero attached hydrogens (tertiary/aromatic N) is 2. The normalized spacial score (nSPS) is 11.5. The lowest BCUT2D eigenvalue weighted by molar-refractivity contribution is -0.116. The first kappa shape index (κ1) is 21.5. The van der Waals surface area contributed by atoms with E-state index in [1.165, 1.54) is 17.8 Å². The number of benzene rings is 1. The number of anilines is 1. The van der Waals surface area contributed by atoms with Crippen LogP contribution in [0, 0.1) is 11.6 Å². The number of aryl methyl sites for hydroxylation is 1. The summed E-state index contributed by atoms with van der Waals surface area (Å²) in [6, 6.07) is 3.72. The van der Waals surface area contributed by atoms with Crippen molar-refractivity contribution < 1.29 is 31.5 Å². The van der Waals surface area contributed by atoms with E-state index in [4.69, 9.17) is 4.74 Å². The van der Waals surface area contributed by atoms with Crippen LogP contribution in [0.4, 0.5) is 14.5 Å². The summed E-state index contributed by atoms with van der Waals surface area (Å²) in [5.41, 5.74) is -0.242. The molecule has 11 heteroatoms. The Kier molecular flexibility index (Phi) is 6.52. The number of halogens is 2. The third kappa shape index (κ3) is 4.73. The highest BCUT2D eigenvalue weighted by atomic mass is 32.2. The van der Waals surface area contributed by atoms with Gasteiger partial charge in [-0.1, -0.05) is 0 Å². The van der Waals surface area contributed by atoms with E-state index in [2.05, 4.69) is 5.32 Å². The van der Waals surface area contributed by atoms with Gasteiger partial charge in [0.25, 0.3) is 0 Å². The van der Waals surface area contributed by atoms with Crippen molar-refractivity contribution in [3.8, 4) is 0 Å². The molecule has 1 amide bonds. The topological polar surface area (TPSA) is 97.7 Å². The largest absolute Gasteiger partial charge is 0.461 e. The SMILES string of the molecule is CCOC(=O)c1cc(S(=O)(=O)N(C)CC(=O)Nc2ccc(F)cc2F)cn1C. The molecule has 8 nitrogen and oxygen atoms in total. The molecule has 1 aromatic heterocycles. The van der Waals surface area contributed by atoms with Gasteiger partial charge in [0.05, 0.1) is 18.8 Å². The summed E-state index contributed by atoms with van der Waals surface area (Å²) < 4.78 is 58.7. The van der Waals surface area contributed by atoms with E-state index in [0.717, 1.165) is 29.6 Å². The number of hydrogen-bond acceptors (Lipinski definition) is 5. The molecule has 0 aliphatic heterocycles. The Balaban J connectivity index is 2.14. The zero-order valence-electron chi connectivity index (χ0n) is 15.4. The number of nitrogens with one attached hydrogen (secondary N) is 1. The monoisotopic (exact) mass is 415 g/mol. The molecular weight excluding hydrogens is 396 g/mol. The Bertz CT molecular complexity index is 1000. The van der Waals surface area contributed by atoms with Crippen LogP contribution in [-0.2, 0) is 26.6 Å². The Morgan fingerprint density at radius 2 is 1.93 bits per heavy atom. The van der Waals surface area contributed by atoms with E-state index >= 15 is 0 Å². The van der Waals surface area contributed by atoms with Crippen molar-refractivity contribution in [1.82, 2.24) is 8.87 Å². The maximum atomic E-state index is 13.6. The van der Waals surface area contributed by atoms with E-state index in [1.807, 2.05) is 0 Å². The third-order valence-corrected chi connectivity index (χ3v) is 5.51. The molecule has 2 rings (SSSR count). The highest BCUT2D eigenvalue weighted by Crippen LogP contribution is 2.19. The highest BCUT2D eigenvalue weighted by molar-refractivity contribution is 7.89. The Labute approximate surface area is 160 Å². The van der Waals surface area contributed by atoms with Gasteiger partial charge in [0.15, 0.2) is 0 Å². The van der Waals surface area contributed by atoms with E-state index in [9.17, 15) is 26.8 Å². The summed E-state index contributed by atoms with van der Waals surface area (Å²) in [4.78, 5) is 23.7. The molecule has 1 N–H and O–H groups in total. The first-order valence-electron chi connectivity index (χ1n) is 8.11. The summed E-state index contributed by atoms with van der Waals surface area (Å²) in [5, 5.41) is 2.18. The Hall–Kier alpha value is -2.79. The first-order valence-corrected chi connectivity index (χ1v) is 9.55. The maximum absolute atomic E-state index is 13.6. The quantitative estimate of drug-likeness (QED) is 0.695. The summed E-state index contributed by atoms with van der Waals surface area (Å²) in [7, 11) is -1.46. The average Bonchev–Trinajstić information content (AvgIpc) is 3.00. The number of hydrogen-bond donors (Lipinski definition) is 1. The smallest absolute Gasteiger partial charge is 0.354 e. The van der Waals surface area contributed by atoms with Crippen LogP contribution in [0.15, 0.2) is 35.4 Å². The lowest BCUT2D eigenvalue weighted by Crippen LogP contribution is -2.35. The lowest BCUT2D eigenvalue weighted by Gasteiger charge is -2.16. The third-order valence-electron chi connectivity index (χ3n) is 3.74. The number of likely N-dealkylation sites (N-methyl/N-ethyl adjacent to an activating group) is 1. The van der Waals surface area contributed by atoms with Gasteiger partial charge in [-0.3, -0.25) is 4.79 Å². The van der Waals surface area contributed by atoms with E-state index in [1.54, 1.807) is 6.92 Å². The lowest BCUT2D eigenvalue weighted by atomic mass is 10.3. The molecular formula is C17H19F2N3O5S. The molecule has 2 aromatic rings. The number of amides is 1. The molecule has 0 aliphatic carbocycles. The second-order valence-corrected chi connectivity index (χ2v) is 7.87. The summed E-state index contributed by atoms with van der Waals surface area (Å²) in [6.07, 6.45) is 1.22. The molecule has 0 bridgehead atoms. The molecule has 0 radical (unpaired) electrons. The number of carbonyl (C=O) groups is 2. The zero-order chi connectivity index (χ0) is 21.1. The van der Waals surface area contributed by atoms with Crippen LogP contribution in [-0.4, -0.2) is 49.4 Å².